The lowest BCUT2D eigenvalue weighted by Crippen LogP contribution is -2.50. The highest BCUT2D eigenvalue weighted by Gasteiger charge is 2.46. The molecule has 3 unspecified atom stereocenters. The topological polar surface area (TPSA) is 12.4 Å². The zero-order valence-electron chi connectivity index (χ0n) is 16.4. The summed E-state index contributed by atoms with van der Waals surface area (Å²) in [4.78, 5) is 4.89. The van der Waals surface area contributed by atoms with E-state index >= 15 is 0 Å². The van der Waals surface area contributed by atoms with Gasteiger partial charge in [-0.15, -0.1) is 0 Å². The van der Waals surface area contributed by atoms with Gasteiger partial charge in [-0.05, 0) is 67.0 Å². The van der Waals surface area contributed by atoms with Crippen molar-refractivity contribution in [3.05, 3.63) is 58.6 Å². The molecule has 1 aliphatic heterocycles. The molecular formula is C23H30FN2+. The van der Waals surface area contributed by atoms with Crippen LogP contribution in [0.25, 0.3) is 0 Å². The molecule has 4 rings (SSSR count). The lowest BCUT2D eigenvalue weighted by molar-refractivity contribution is -0.834. The van der Waals surface area contributed by atoms with Crippen LogP contribution in [0, 0.1) is 30.5 Å². The van der Waals surface area contributed by atoms with E-state index in [-0.39, 0.29) is 11.9 Å². The summed E-state index contributed by atoms with van der Waals surface area (Å²) in [5.74, 6) is 1.34. The van der Waals surface area contributed by atoms with Crippen molar-refractivity contribution in [1.82, 2.24) is 0 Å². The number of quaternary nitrogens is 1. The maximum Gasteiger partial charge on any atom is 0.190 e. The number of benzene rings is 1. The molecule has 0 aromatic heterocycles. The van der Waals surface area contributed by atoms with E-state index in [9.17, 15) is 4.39 Å². The van der Waals surface area contributed by atoms with Gasteiger partial charge in [0, 0.05) is 5.56 Å². The second kappa shape index (κ2) is 6.45. The monoisotopic (exact) mass is 353 g/mol. The number of nitrogens with zero attached hydrogens (tertiary/aromatic N) is 2. The van der Waals surface area contributed by atoms with Gasteiger partial charge >= 0.3 is 0 Å². The molecule has 0 N–H and O–H groups in total. The van der Waals surface area contributed by atoms with E-state index in [1.54, 1.807) is 12.1 Å². The molecule has 26 heavy (non-hydrogen) atoms. The van der Waals surface area contributed by atoms with E-state index in [4.69, 9.17) is 4.99 Å². The highest BCUT2D eigenvalue weighted by Crippen LogP contribution is 2.48. The number of rotatable bonds is 2. The van der Waals surface area contributed by atoms with Crippen LogP contribution in [-0.4, -0.2) is 24.9 Å². The smallest absolute Gasteiger partial charge is 0.190 e. The molecule has 1 saturated carbocycles. The fourth-order valence-corrected chi connectivity index (χ4v) is 5.30. The third kappa shape index (κ3) is 2.96. The normalized spacial score (nSPS) is 30.7. The molecule has 1 aromatic rings. The molecule has 1 heterocycles. The van der Waals surface area contributed by atoms with E-state index in [1.807, 2.05) is 13.0 Å². The Hall–Kier alpha value is -1.74. The first-order valence-corrected chi connectivity index (χ1v) is 9.95. The van der Waals surface area contributed by atoms with E-state index in [2.05, 4.69) is 39.5 Å². The summed E-state index contributed by atoms with van der Waals surface area (Å²) in [6.45, 7) is 4.36. The van der Waals surface area contributed by atoms with Crippen molar-refractivity contribution in [3.8, 4) is 0 Å². The summed E-state index contributed by atoms with van der Waals surface area (Å²) < 4.78 is 14.4. The van der Waals surface area contributed by atoms with E-state index in [0.29, 0.717) is 16.3 Å². The molecular weight excluding hydrogens is 323 g/mol. The molecule has 2 aliphatic carbocycles. The van der Waals surface area contributed by atoms with Crippen molar-refractivity contribution in [2.45, 2.75) is 45.6 Å². The van der Waals surface area contributed by atoms with Gasteiger partial charge in [0.2, 0.25) is 0 Å². The SMILES string of the molecule is Cc1cc(F)ccc1C1C2C(=CC(C3CCCC3)=CC2C)N=C[N+]1(C)C. The fourth-order valence-electron chi connectivity index (χ4n) is 5.30. The van der Waals surface area contributed by atoms with Gasteiger partial charge in [0.15, 0.2) is 6.34 Å². The molecule has 0 radical (unpaired) electrons. The number of aliphatic imine (C=N–C) groups is 1. The molecule has 2 nitrogen and oxygen atoms in total. The van der Waals surface area contributed by atoms with Crippen LogP contribution in [0.4, 0.5) is 4.39 Å². The van der Waals surface area contributed by atoms with Crippen LogP contribution in [0.5, 0.6) is 0 Å². The molecule has 1 aromatic carbocycles. The summed E-state index contributed by atoms with van der Waals surface area (Å²) in [6.07, 6.45) is 12.3. The predicted molar refractivity (Wildman–Crippen MR) is 105 cm³/mol. The number of hydrogen-bond acceptors (Lipinski definition) is 1. The van der Waals surface area contributed by atoms with Crippen molar-refractivity contribution in [2.24, 2.45) is 22.7 Å². The number of allylic oxidation sites excluding steroid dienone is 3. The average Bonchev–Trinajstić information content (AvgIpc) is 3.10. The van der Waals surface area contributed by atoms with Crippen LogP contribution in [0.15, 0.2) is 46.6 Å². The van der Waals surface area contributed by atoms with Crippen LogP contribution < -0.4 is 0 Å². The molecule has 3 atom stereocenters. The number of aryl methyl sites for hydroxylation is 1. The highest BCUT2D eigenvalue weighted by atomic mass is 19.1. The summed E-state index contributed by atoms with van der Waals surface area (Å²) in [5.41, 5.74) is 4.99. The Kier molecular flexibility index (Phi) is 4.38. The molecule has 3 heteroatoms. The van der Waals surface area contributed by atoms with E-state index in [1.165, 1.54) is 42.5 Å². The van der Waals surface area contributed by atoms with Crippen LogP contribution in [0.2, 0.25) is 0 Å². The van der Waals surface area contributed by atoms with Crippen molar-refractivity contribution < 1.29 is 8.87 Å². The molecule has 138 valence electrons. The second-order valence-corrected chi connectivity index (χ2v) is 8.92. The Morgan fingerprint density at radius 1 is 1.15 bits per heavy atom. The Balaban J connectivity index is 1.77. The Morgan fingerprint density at radius 2 is 1.88 bits per heavy atom. The third-order valence-corrected chi connectivity index (χ3v) is 6.62. The van der Waals surface area contributed by atoms with Gasteiger partial charge in [-0.25, -0.2) is 9.38 Å². The van der Waals surface area contributed by atoms with Gasteiger partial charge in [-0.1, -0.05) is 25.8 Å². The zero-order valence-corrected chi connectivity index (χ0v) is 16.4. The lowest BCUT2D eigenvalue weighted by atomic mass is 9.73. The number of fused-ring (bicyclic) bond motifs is 1. The van der Waals surface area contributed by atoms with Crippen molar-refractivity contribution >= 4 is 6.34 Å². The molecule has 0 amide bonds. The summed E-state index contributed by atoms with van der Waals surface area (Å²) in [6, 6.07) is 5.51. The summed E-state index contributed by atoms with van der Waals surface area (Å²) in [7, 11) is 4.41. The van der Waals surface area contributed by atoms with Gasteiger partial charge < -0.3 is 0 Å². The third-order valence-electron chi connectivity index (χ3n) is 6.62. The van der Waals surface area contributed by atoms with E-state index < -0.39 is 0 Å². The van der Waals surface area contributed by atoms with Crippen LogP contribution in [-0.2, 0) is 0 Å². The first-order valence-electron chi connectivity index (χ1n) is 9.95. The van der Waals surface area contributed by atoms with Gasteiger partial charge in [0.1, 0.15) is 11.9 Å². The minimum absolute atomic E-state index is 0.156. The molecule has 3 aliphatic rings. The quantitative estimate of drug-likeness (QED) is 0.617. The Labute approximate surface area is 156 Å². The first-order chi connectivity index (χ1) is 12.4. The minimum Gasteiger partial charge on any atom is -0.279 e. The molecule has 0 spiro atoms. The minimum atomic E-state index is -0.156. The zero-order chi connectivity index (χ0) is 18.5. The lowest BCUT2D eigenvalue weighted by Gasteiger charge is -2.45. The molecule has 0 bridgehead atoms. The average molecular weight is 354 g/mol. The predicted octanol–water partition coefficient (Wildman–Crippen LogP) is 5.56. The fraction of sp³-hybridized carbons (Fsp3) is 0.522. The van der Waals surface area contributed by atoms with Gasteiger partial charge in [-0.2, -0.15) is 0 Å². The first kappa shape index (κ1) is 17.7. The second-order valence-electron chi connectivity index (χ2n) is 8.92. The van der Waals surface area contributed by atoms with Crippen LogP contribution >= 0.6 is 0 Å². The van der Waals surface area contributed by atoms with Crippen LogP contribution in [0.3, 0.4) is 0 Å². The summed E-state index contributed by atoms with van der Waals surface area (Å²) in [5, 5.41) is 0. The number of halogens is 1. The standard InChI is InChI=1S/C23H30FN2/c1-15-12-19(24)9-10-20(15)23-22-16(2)11-18(17-7-5-6-8-17)13-21(22)25-14-26(23,3)4/h9-14,16-17,22-23H,5-8H2,1-4H3/q+1. The van der Waals surface area contributed by atoms with Crippen molar-refractivity contribution in [2.75, 3.05) is 14.1 Å². The largest absolute Gasteiger partial charge is 0.279 e. The van der Waals surface area contributed by atoms with E-state index in [0.717, 1.165) is 11.5 Å². The highest BCUT2D eigenvalue weighted by molar-refractivity contribution is 5.54. The van der Waals surface area contributed by atoms with Crippen LogP contribution in [0.1, 0.15) is 49.8 Å². The van der Waals surface area contributed by atoms with Crippen molar-refractivity contribution in [3.63, 3.8) is 0 Å². The van der Waals surface area contributed by atoms with Gasteiger partial charge in [0.25, 0.3) is 0 Å². The van der Waals surface area contributed by atoms with Gasteiger partial charge in [-0.3, -0.25) is 4.48 Å². The Morgan fingerprint density at radius 3 is 2.58 bits per heavy atom. The Bertz CT molecular complexity index is 796. The van der Waals surface area contributed by atoms with Gasteiger partial charge in [0.05, 0.1) is 25.7 Å². The molecule has 0 saturated heterocycles. The van der Waals surface area contributed by atoms with Crippen molar-refractivity contribution in [1.29, 1.82) is 0 Å². The maximum absolute atomic E-state index is 13.7. The number of hydrogen-bond donors (Lipinski definition) is 0. The molecule has 1 fully saturated rings. The maximum atomic E-state index is 13.7. The summed E-state index contributed by atoms with van der Waals surface area (Å²) >= 11 is 0.